The maximum absolute atomic E-state index is 13.6. The van der Waals surface area contributed by atoms with Gasteiger partial charge in [0.05, 0.1) is 17.3 Å². The first-order chi connectivity index (χ1) is 18.0. The number of nitrogens with one attached hydrogen (secondary N) is 3. The summed E-state index contributed by atoms with van der Waals surface area (Å²) in [7, 11) is 0. The molecule has 2 aliphatic rings. The molecule has 3 amide bonds. The Hall–Kier alpha value is -4.04. The third kappa shape index (κ3) is 5.70. The molecular formula is C29H29N5O2S. The summed E-state index contributed by atoms with van der Waals surface area (Å²) in [6.45, 7) is 4.70. The first-order valence-electron chi connectivity index (χ1n) is 12.3. The number of carbonyl (C=O) groups excluding carboxylic acids is 2. The summed E-state index contributed by atoms with van der Waals surface area (Å²) in [5, 5.41) is 9.77. The van der Waals surface area contributed by atoms with Crippen molar-refractivity contribution in [1.29, 1.82) is 0 Å². The summed E-state index contributed by atoms with van der Waals surface area (Å²) < 4.78 is 0. The lowest BCUT2D eigenvalue weighted by molar-refractivity contribution is -0.113. The summed E-state index contributed by atoms with van der Waals surface area (Å²) in [4.78, 5) is 33.2. The molecule has 3 N–H and O–H groups in total. The summed E-state index contributed by atoms with van der Waals surface area (Å²) in [5.41, 5.74) is 5.46. The number of benzene rings is 3. The quantitative estimate of drug-likeness (QED) is 0.370. The van der Waals surface area contributed by atoms with E-state index in [-0.39, 0.29) is 18.0 Å². The Balaban J connectivity index is 1.43. The number of para-hydroxylation sites is 1. The van der Waals surface area contributed by atoms with E-state index < -0.39 is 0 Å². The van der Waals surface area contributed by atoms with Crippen LogP contribution >= 0.6 is 11.8 Å². The molecule has 1 fully saturated rings. The van der Waals surface area contributed by atoms with Gasteiger partial charge < -0.3 is 20.9 Å². The van der Waals surface area contributed by atoms with Crippen LogP contribution in [-0.4, -0.2) is 34.3 Å². The fourth-order valence-electron chi connectivity index (χ4n) is 4.54. The van der Waals surface area contributed by atoms with Gasteiger partial charge in [-0.1, -0.05) is 59.8 Å². The van der Waals surface area contributed by atoms with Crippen LogP contribution in [0.4, 0.5) is 21.9 Å². The third-order valence-electron chi connectivity index (χ3n) is 6.30. The molecule has 1 saturated heterocycles. The zero-order valence-corrected chi connectivity index (χ0v) is 21.6. The van der Waals surface area contributed by atoms with E-state index in [2.05, 4.69) is 20.9 Å². The van der Waals surface area contributed by atoms with Gasteiger partial charge >= 0.3 is 6.03 Å². The number of anilines is 3. The van der Waals surface area contributed by atoms with Crippen molar-refractivity contribution in [2.45, 2.75) is 26.3 Å². The maximum atomic E-state index is 13.6. The Kier molecular flexibility index (Phi) is 7.28. The fraction of sp³-hybridized carbons (Fsp3) is 0.207. The summed E-state index contributed by atoms with van der Waals surface area (Å²) >= 11 is 1.71. The number of amides is 3. The van der Waals surface area contributed by atoms with E-state index in [1.165, 1.54) is 0 Å². The number of nitrogens with zero attached hydrogens (tertiary/aromatic N) is 2. The Morgan fingerprint density at radius 2 is 1.57 bits per heavy atom. The normalized spacial score (nSPS) is 17.0. The van der Waals surface area contributed by atoms with Gasteiger partial charge in [0.2, 0.25) is 0 Å². The molecule has 2 aliphatic heterocycles. The van der Waals surface area contributed by atoms with Crippen LogP contribution in [0.1, 0.15) is 30.5 Å². The van der Waals surface area contributed by atoms with Crippen molar-refractivity contribution in [3.63, 3.8) is 0 Å². The lowest BCUT2D eigenvalue weighted by atomic mass is 9.93. The van der Waals surface area contributed by atoms with Gasteiger partial charge in [0, 0.05) is 29.4 Å². The number of fused-ring (bicyclic) bond motifs is 1. The van der Waals surface area contributed by atoms with Crippen molar-refractivity contribution in [3.8, 4) is 0 Å². The molecule has 2 heterocycles. The van der Waals surface area contributed by atoms with Gasteiger partial charge in [-0.3, -0.25) is 4.79 Å². The first kappa shape index (κ1) is 24.6. The fourth-order valence-corrected chi connectivity index (χ4v) is 5.56. The highest BCUT2D eigenvalue weighted by molar-refractivity contribution is 8.13. The average molecular weight is 512 g/mol. The van der Waals surface area contributed by atoms with Gasteiger partial charge in [-0.25, -0.2) is 9.79 Å². The molecule has 37 heavy (non-hydrogen) atoms. The number of carbonyl (C=O) groups is 2. The molecule has 188 valence electrons. The molecule has 0 radical (unpaired) electrons. The van der Waals surface area contributed by atoms with Crippen LogP contribution in [0.25, 0.3) is 0 Å². The van der Waals surface area contributed by atoms with Gasteiger partial charge in [-0.2, -0.15) is 0 Å². The zero-order chi connectivity index (χ0) is 25.8. The van der Waals surface area contributed by atoms with Crippen LogP contribution in [0.15, 0.2) is 95.1 Å². The standard InChI is InChI=1S/C29H29N5O2S/c1-19-12-14-23(15-13-19)32-28(36)33-24-11-6-8-21(18-24)26-25(27(35)31-22-9-4-3-5-10-22)20(2)30-29-34(26)16-7-17-37-29/h3-6,8-15,18,26H,7,16-17H2,1-2H3,(H,31,35)(H2,32,33,36). The largest absolute Gasteiger partial charge is 0.340 e. The summed E-state index contributed by atoms with van der Waals surface area (Å²) in [6.07, 6.45) is 1.00. The highest BCUT2D eigenvalue weighted by atomic mass is 32.2. The Morgan fingerprint density at radius 3 is 2.35 bits per heavy atom. The molecule has 7 nitrogen and oxygen atoms in total. The van der Waals surface area contributed by atoms with E-state index in [0.29, 0.717) is 17.0 Å². The number of aryl methyl sites for hydroxylation is 1. The van der Waals surface area contributed by atoms with E-state index in [1.54, 1.807) is 11.8 Å². The van der Waals surface area contributed by atoms with Crippen LogP contribution < -0.4 is 16.0 Å². The molecular weight excluding hydrogens is 482 g/mol. The molecule has 0 aromatic heterocycles. The molecule has 3 aromatic carbocycles. The number of amidine groups is 1. The highest BCUT2D eigenvalue weighted by Gasteiger charge is 2.37. The number of allylic oxidation sites excluding steroid dienone is 1. The number of rotatable bonds is 5. The van der Waals surface area contributed by atoms with Gasteiger partial charge in [-0.15, -0.1) is 0 Å². The number of urea groups is 1. The Morgan fingerprint density at radius 1 is 0.865 bits per heavy atom. The van der Waals surface area contributed by atoms with Crippen molar-refractivity contribution in [2.24, 2.45) is 4.99 Å². The van der Waals surface area contributed by atoms with Crippen molar-refractivity contribution in [3.05, 3.63) is 101 Å². The minimum Gasteiger partial charge on any atom is -0.340 e. The monoisotopic (exact) mass is 511 g/mol. The van der Waals surface area contributed by atoms with E-state index in [9.17, 15) is 9.59 Å². The second-order valence-corrected chi connectivity index (χ2v) is 10.1. The molecule has 3 aromatic rings. The van der Waals surface area contributed by atoms with E-state index >= 15 is 0 Å². The molecule has 0 aliphatic carbocycles. The molecule has 0 bridgehead atoms. The molecule has 1 unspecified atom stereocenters. The minimum absolute atomic E-state index is 0.178. The van der Waals surface area contributed by atoms with E-state index in [0.717, 1.165) is 46.4 Å². The summed E-state index contributed by atoms with van der Waals surface area (Å²) in [5.74, 6) is 0.823. The van der Waals surface area contributed by atoms with Crippen LogP contribution in [-0.2, 0) is 4.79 Å². The molecule has 0 spiro atoms. The van der Waals surface area contributed by atoms with Gasteiger partial charge in [0.25, 0.3) is 5.91 Å². The van der Waals surface area contributed by atoms with Gasteiger partial charge in [0.15, 0.2) is 5.17 Å². The molecule has 1 atom stereocenters. The van der Waals surface area contributed by atoms with Crippen molar-refractivity contribution in [2.75, 3.05) is 28.2 Å². The van der Waals surface area contributed by atoms with Crippen LogP contribution in [0.5, 0.6) is 0 Å². The number of hydrogen-bond acceptors (Lipinski definition) is 5. The maximum Gasteiger partial charge on any atom is 0.323 e. The predicted molar refractivity (Wildman–Crippen MR) is 152 cm³/mol. The SMILES string of the molecule is CC1=C(C(=O)Nc2ccccc2)C(c2cccc(NC(=O)Nc3ccc(C)cc3)c2)N2CCCSC2=N1. The number of aliphatic imine (C=N–C) groups is 1. The van der Waals surface area contributed by atoms with E-state index in [1.807, 2.05) is 92.7 Å². The van der Waals surface area contributed by atoms with Crippen molar-refractivity contribution in [1.82, 2.24) is 4.90 Å². The Labute approximate surface area is 221 Å². The van der Waals surface area contributed by atoms with Crippen LogP contribution in [0, 0.1) is 6.92 Å². The lowest BCUT2D eigenvalue weighted by Gasteiger charge is -2.41. The number of hydrogen-bond donors (Lipinski definition) is 3. The minimum atomic E-state index is -0.325. The van der Waals surface area contributed by atoms with Crippen molar-refractivity contribution < 1.29 is 9.59 Å². The molecule has 0 saturated carbocycles. The highest BCUT2D eigenvalue weighted by Crippen LogP contribution is 2.40. The van der Waals surface area contributed by atoms with Crippen molar-refractivity contribution >= 4 is 45.9 Å². The summed E-state index contributed by atoms with van der Waals surface area (Å²) in [6, 6.07) is 24.1. The zero-order valence-electron chi connectivity index (χ0n) is 20.8. The topological polar surface area (TPSA) is 85.8 Å². The second-order valence-electron chi connectivity index (χ2n) is 9.08. The van der Waals surface area contributed by atoms with Crippen LogP contribution in [0.3, 0.4) is 0 Å². The smallest absolute Gasteiger partial charge is 0.323 e. The lowest BCUT2D eigenvalue weighted by Crippen LogP contribution is -2.43. The number of thioether (sulfide) groups is 1. The molecule has 5 rings (SSSR count). The molecule has 8 heteroatoms. The van der Waals surface area contributed by atoms with Crippen LogP contribution in [0.2, 0.25) is 0 Å². The third-order valence-corrected chi connectivity index (χ3v) is 7.38. The van der Waals surface area contributed by atoms with Gasteiger partial charge in [0.1, 0.15) is 0 Å². The first-order valence-corrected chi connectivity index (χ1v) is 13.3. The average Bonchev–Trinajstić information content (AvgIpc) is 2.90. The Bertz CT molecular complexity index is 1370. The van der Waals surface area contributed by atoms with Gasteiger partial charge in [-0.05, 0) is 62.2 Å². The second kappa shape index (κ2) is 10.9. The van der Waals surface area contributed by atoms with E-state index in [4.69, 9.17) is 4.99 Å². The predicted octanol–water partition coefficient (Wildman–Crippen LogP) is 6.40.